The average Bonchev–Trinajstić information content (AvgIpc) is 3.26. The number of ketones is 1. The molecule has 158 valence electrons. The fourth-order valence-corrected chi connectivity index (χ4v) is 4.92. The molecule has 3 aliphatic rings. The van der Waals surface area contributed by atoms with E-state index in [-0.39, 0.29) is 18.5 Å². The van der Waals surface area contributed by atoms with E-state index in [2.05, 4.69) is 12.1 Å². The predicted octanol–water partition coefficient (Wildman–Crippen LogP) is 4.16. The monoisotopic (exact) mass is 417 g/mol. The fraction of sp³-hybridized carbons (Fsp3) is 0.320. The standard InChI is InChI=1S/C25H23NO5/c1-14-22(25(28)29-2)23(16-8-9-20-21(12-16)31-13-30-20)24-18(26-14)10-17(11-19(24)27)15-6-4-3-5-7-15/h3-9,12,17,22-23H,10-11,13H2,1-2H3/t17-,22?,23-/m1/s1. The van der Waals surface area contributed by atoms with E-state index in [9.17, 15) is 9.59 Å². The highest BCUT2D eigenvalue weighted by Gasteiger charge is 2.44. The maximum absolute atomic E-state index is 13.5. The van der Waals surface area contributed by atoms with Crippen LogP contribution in [0, 0.1) is 5.92 Å². The van der Waals surface area contributed by atoms with Crippen molar-refractivity contribution in [1.29, 1.82) is 0 Å². The van der Waals surface area contributed by atoms with Gasteiger partial charge in [-0.3, -0.25) is 14.6 Å². The number of esters is 1. The number of benzene rings is 2. The van der Waals surface area contributed by atoms with Crippen molar-refractivity contribution in [2.24, 2.45) is 10.9 Å². The minimum absolute atomic E-state index is 0.0305. The summed E-state index contributed by atoms with van der Waals surface area (Å²) >= 11 is 0. The highest BCUT2D eigenvalue weighted by molar-refractivity contribution is 6.09. The lowest BCUT2D eigenvalue weighted by Crippen LogP contribution is -2.37. The van der Waals surface area contributed by atoms with Crippen LogP contribution >= 0.6 is 0 Å². The van der Waals surface area contributed by atoms with Gasteiger partial charge in [-0.1, -0.05) is 36.4 Å². The third kappa shape index (κ3) is 3.32. The third-order valence-electron chi connectivity index (χ3n) is 6.37. The van der Waals surface area contributed by atoms with Crippen molar-refractivity contribution < 1.29 is 23.8 Å². The van der Waals surface area contributed by atoms with Crippen LogP contribution < -0.4 is 9.47 Å². The summed E-state index contributed by atoms with van der Waals surface area (Å²) in [6.07, 6.45) is 1.06. The molecular formula is C25H23NO5. The largest absolute Gasteiger partial charge is 0.468 e. The van der Waals surface area contributed by atoms with E-state index in [1.54, 1.807) is 0 Å². The second-order valence-electron chi connectivity index (χ2n) is 8.14. The number of allylic oxidation sites excluding steroid dienone is 2. The minimum Gasteiger partial charge on any atom is -0.468 e. The van der Waals surface area contributed by atoms with Crippen LogP contribution in [0.5, 0.6) is 11.5 Å². The second-order valence-corrected chi connectivity index (χ2v) is 8.14. The Morgan fingerprint density at radius 2 is 1.81 bits per heavy atom. The Bertz CT molecular complexity index is 1120. The summed E-state index contributed by atoms with van der Waals surface area (Å²) in [6.45, 7) is 2.00. The molecule has 6 nitrogen and oxygen atoms in total. The normalized spacial score (nSPS) is 24.5. The van der Waals surface area contributed by atoms with Crippen molar-refractivity contribution in [1.82, 2.24) is 0 Å². The Labute approximate surface area is 180 Å². The summed E-state index contributed by atoms with van der Waals surface area (Å²) in [5.74, 6) is -0.116. The molecule has 0 amide bonds. The van der Waals surface area contributed by atoms with Gasteiger partial charge in [0.25, 0.3) is 0 Å². The molecule has 0 spiro atoms. The number of carbonyl (C=O) groups is 2. The lowest BCUT2D eigenvalue weighted by atomic mass is 9.69. The van der Waals surface area contributed by atoms with Crippen LogP contribution in [0.1, 0.15) is 42.7 Å². The Morgan fingerprint density at radius 1 is 1.03 bits per heavy atom. The van der Waals surface area contributed by atoms with Crippen LogP contribution in [0.4, 0.5) is 0 Å². The topological polar surface area (TPSA) is 74.2 Å². The maximum Gasteiger partial charge on any atom is 0.315 e. The Morgan fingerprint density at radius 3 is 2.58 bits per heavy atom. The van der Waals surface area contributed by atoms with Gasteiger partial charge in [-0.05, 0) is 42.5 Å². The average molecular weight is 417 g/mol. The van der Waals surface area contributed by atoms with Gasteiger partial charge < -0.3 is 14.2 Å². The van der Waals surface area contributed by atoms with Gasteiger partial charge >= 0.3 is 5.97 Å². The van der Waals surface area contributed by atoms with E-state index >= 15 is 0 Å². The quantitative estimate of drug-likeness (QED) is 0.701. The number of nitrogens with zero attached hydrogens (tertiary/aromatic N) is 1. The number of methoxy groups -OCH3 is 1. The summed E-state index contributed by atoms with van der Waals surface area (Å²) in [5.41, 5.74) is 4.00. The van der Waals surface area contributed by atoms with Crippen LogP contribution in [0.25, 0.3) is 0 Å². The maximum atomic E-state index is 13.5. The number of hydrogen-bond acceptors (Lipinski definition) is 6. The summed E-state index contributed by atoms with van der Waals surface area (Å²) in [7, 11) is 1.37. The number of rotatable bonds is 3. The van der Waals surface area contributed by atoms with Crippen LogP contribution in [0.2, 0.25) is 0 Å². The number of Topliss-reactive ketones (excluding diaryl/α,β-unsaturated/α-hetero) is 1. The van der Waals surface area contributed by atoms with Crippen molar-refractivity contribution in [2.45, 2.75) is 31.6 Å². The summed E-state index contributed by atoms with van der Waals surface area (Å²) < 4.78 is 16.1. The van der Waals surface area contributed by atoms with E-state index in [0.717, 1.165) is 16.8 Å². The molecule has 2 aromatic carbocycles. The van der Waals surface area contributed by atoms with Crippen LogP contribution in [-0.4, -0.2) is 31.4 Å². The van der Waals surface area contributed by atoms with Crippen molar-refractivity contribution in [2.75, 3.05) is 13.9 Å². The highest BCUT2D eigenvalue weighted by atomic mass is 16.7. The molecule has 6 heteroatoms. The lowest BCUT2D eigenvalue weighted by Gasteiger charge is -2.36. The van der Waals surface area contributed by atoms with Crippen LogP contribution in [0.3, 0.4) is 0 Å². The van der Waals surface area contributed by atoms with Crippen molar-refractivity contribution >= 4 is 17.5 Å². The number of carbonyl (C=O) groups excluding carboxylic acids is 2. The van der Waals surface area contributed by atoms with Gasteiger partial charge in [-0.25, -0.2) is 0 Å². The van der Waals surface area contributed by atoms with Crippen LogP contribution in [-0.2, 0) is 14.3 Å². The Balaban J connectivity index is 1.61. The molecule has 1 unspecified atom stereocenters. The summed E-state index contributed by atoms with van der Waals surface area (Å²) in [5, 5.41) is 0. The van der Waals surface area contributed by atoms with Crippen molar-refractivity contribution in [3.63, 3.8) is 0 Å². The van der Waals surface area contributed by atoms with Crippen LogP contribution in [0.15, 0.2) is 64.8 Å². The number of hydrogen-bond donors (Lipinski definition) is 0. The van der Waals surface area contributed by atoms with Gasteiger partial charge in [-0.15, -0.1) is 0 Å². The van der Waals surface area contributed by atoms with Gasteiger partial charge in [0.2, 0.25) is 6.79 Å². The first-order valence-electron chi connectivity index (χ1n) is 10.4. The van der Waals surface area contributed by atoms with E-state index < -0.39 is 17.8 Å². The molecule has 2 aliphatic heterocycles. The minimum atomic E-state index is -0.652. The molecule has 31 heavy (non-hydrogen) atoms. The third-order valence-corrected chi connectivity index (χ3v) is 6.37. The first-order valence-corrected chi connectivity index (χ1v) is 10.4. The summed E-state index contributed by atoms with van der Waals surface area (Å²) in [6, 6.07) is 15.6. The SMILES string of the molecule is COC(=O)C1C(C)=NC2=C(C(=O)C[C@H](c3ccccc3)C2)[C@@H]1c1ccc2c(c1)OCO2. The van der Waals surface area contributed by atoms with Crippen molar-refractivity contribution in [3.8, 4) is 11.5 Å². The molecule has 1 aliphatic carbocycles. The first kappa shape index (κ1) is 19.5. The lowest BCUT2D eigenvalue weighted by molar-refractivity contribution is -0.143. The molecule has 3 atom stereocenters. The van der Waals surface area contributed by atoms with E-state index in [1.807, 2.05) is 43.3 Å². The number of fused-ring (bicyclic) bond motifs is 1. The Kier molecular flexibility index (Phi) is 4.85. The number of ether oxygens (including phenoxy) is 3. The van der Waals surface area contributed by atoms with Gasteiger partial charge in [0.15, 0.2) is 17.3 Å². The smallest absolute Gasteiger partial charge is 0.315 e. The van der Waals surface area contributed by atoms with Gasteiger partial charge in [0.1, 0.15) is 5.92 Å². The zero-order valence-corrected chi connectivity index (χ0v) is 17.5. The Hall–Kier alpha value is -3.41. The molecule has 0 saturated carbocycles. The van der Waals surface area contributed by atoms with Gasteiger partial charge in [0.05, 0.1) is 7.11 Å². The van der Waals surface area contributed by atoms with Crippen molar-refractivity contribution in [3.05, 3.63) is 70.9 Å². The van der Waals surface area contributed by atoms with Gasteiger partial charge in [-0.2, -0.15) is 0 Å². The first-order chi connectivity index (χ1) is 15.1. The number of aliphatic imine (C=N–C) groups is 1. The fourth-order valence-electron chi connectivity index (χ4n) is 4.92. The molecular weight excluding hydrogens is 394 g/mol. The molecule has 0 fully saturated rings. The second kappa shape index (κ2) is 7.69. The molecule has 2 heterocycles. The zero-order chi connectivity index (χ0) is 21.5. The van der Waals surface area contributed by atoms with E-state index in [4.69, 9.17) is 19.2 Å². The molecule has 0 aromatic heterocycles. The molecule has 2 aromatic rings. The molecule has 5 rings (SSSR count). The predicted molar refractivity (Wildman–Crippen MR) is 114 cm³/mol. The highest BCUT2D eigenvalue weighted by Crippen LogP contribution is 2.48. The van der Waals surface area contributed by atoms with E-state index in [1.165, 1.54) is 7.11 Å². The van der Waals surface area contributed by atoms with Gasteiger partial charge in [0, 0.05) is 29.3 Å². The molecule has 0 bridgehead atoms. The van der Waals surface area contributed by atoms with E-state index in [0.29, 0.717) is 35.6 Å². The summed E-state index contributed by atoms with van der Waals surface area (Å²) in [4.78, 5) is 31.0. The molecule has 0 N–H and O–H groups in total. The molecule has 0 saturated heterocycles. The molecule has 0 radical (unpaired) electrons. The zero-order valence-electron chi connectivity index (χ0n) is 17.5.